The molecule has 0 saturated carbocycles. The number of benzene rings is 1. The lowest BCUT2D eigenvalue weighted by molar-refractivity contribution is 0.110. The van der Waals surface area contributed by atoms with Crippen molar-refractivity contribution in [1.82, 2.24) is 20.4 Å². The number of nitrogens with zero attached hydrogens (tertiary/aromatic N) is 4. The highest BCUT2D eigenvalue weighted by Crippen LogP contribution is 2.37. The van der Waals surface area contributed by atoms with E-state index < -0.39 is 0 Å². The number of rotatable bonds is 4. The highest BCUT2D eigenvalue weighted by atomic mass is 35.5. The molecule has 5 rings (SSSR count). The number of hydrogen-bond acceptors (Lipinski definition) is 7. The summed E-state index contributed by atoms with van der Waals surface area (Å²) in [6.07, 6.45) is 3.58. The van der Waals surface area contributed by atoms with Crippen molar-refractivity contribution in [1.29, 1.82) is 0 Å². The zero-order chi connectivity index (χ0) is 19.8. The maximum absolute atomic E-state index is 5.98. The van der Waals surface area contributed by atoms with Crippen LogP contribution in [0.25, 0.3) is 0 Å². The molecule has 8 heteroatoms. The molecule has 1 N–H and O–H groups in total. The van der Waals surface area contributed by atoms with Crippen molar-refractivity contribution < 1.29 is 9.26 Å². The van der Waals surface area contributed by atoms with Gasteiger partial charge in [0.15, 0.2) is 5.82 Å². The second kappa shape index (κ2) is 7.74. The van der Waals surface area contributed by atoms with Crippen molar-refractivity contribution in [2.45, 2.75) is 31.4 Å². The molecular weight excluding hydrogens is 390 g/mol. The first-order chi connectivity index (χ1) is 14.2. The maximum atomic E-state index is 5.98. The summed E-state index contributed by atoms with van der Waals surface area (Å²) in [5.41, 5.74) is 4.36. The van der Waals surface area contributed by atoms with Crippen molar-refractivity contribution in [3.05, 3.63) is 70.1 Å². The number of nitrogens with one attached hydrogen (secondary N) is 1. The zero-order valence-electron chi connectivity index (χ0n) is 16.0. The fourth-order valence-corrected chi connectivity index (χ4v) is 4.11. The molecule has 0 bridgehead atoms. The summed E-state index contributed by atoms with van der Waals surface area (Å²) in [6, 6.07) is 7.77. The molecule has 0 radical (unpaired) electrons. The van der Waals surface area contributed by atoms with E-state index in [9.17, 15) is 0 Å². The SMILES string of the molecule is C=C1C2=C(CNCC2)N=CN1Cc1nc([C@@H]2CO[C@@H](c3ccc(Cl)cc3)C2)no1. The summed E-state index contributed by atoms with van der Waals surface area (Å²) in [7, 11) is 0. The number of hydrogen-bond donors (Lipinski definition) is 1. The van der Waals surface area contributed by atoms with Crippen LogP contribution in [-0.4, -0.2) is 41.1 Å². The molecule has 2 aromatic rings. The van der Waals surface area contributed by atoms with Crippen molar-refractivity contribution in [2.75, 3.05) is 19.7 Å². The lowest BCUT2D eigenvalue weighted by Crippen LogP contribution is -2.32. The van der Waals surface area contributed by atoms with Gasteiger partial charge in [-0.3, -0.25) is 0 Å². The topological polar surface area (TPSA) is 75.8 Å². The molecule has 1 fully saturated rings. The number of ether oxygens (including phenoxy) is 1. The predicted octanol–water partition coefficient (Wildman–Crippen LogP) is 3.57. The van der Waals surface area contributed by atoms with Gasteiger partial charge in [0, 0.05) is 23.2 Å². The number of halogens is 1. The van der Waals surface area contributed by atoms with Crippen molar-refractivity contribution in [3.63, 3.8) is 0 Å². The summed E-state index contributed by atoms with van der Waals surface area (Å²) < 4.78 is 11.5. The van der Waals surface area contributed by atoms with Crippen LogP contribution in [-0.2, 0) is 11.3 Å². The van der Waals surface area contributed by atoms with Crippen LogP contribution in [0.2, 0.25) is 5.02 Å². The molecule has 1 saturated heterocycles. The van der Waals surface area contributed by atoms with Gasteiger partial charge in [-0.05, 0) is 42.7 Å². The first kappa shape index (κ1) is 18.5. The zero-order valence-corrected chi connectivity index (χ0v) is 16.7. The molecule has 150 valence electrons. The van der Waals surface area contributed by atoms with E-state index in [0.29, 0.717) is 24.9 Å². The quantitative estimate of drug-likeness (QED) is 0.828. The van der Waals surface area contributed by atoms with Crippen molar-refractivity contribution >= 4 is 17.9 Å². The molecule has 0 amide bonds. The Morgan fingerprint density at radius 3 is 3.00 bits per heavy atom. The van der Waals surface area contributed by atoms with Crippen molar-refractivity contribution in [3.8, 4) is 0 Å². The van der Waals surface area contributed by atoms with Crippen LogP contribution in [0, 0.1) is 0 Å². The summed E-state index contributed by atoms with van der Waals surface area (Å²) in [5, 5.41) is 8.26. The maximum Gasteiger partial charge on any atom is 0.246 e. The molecule has 1 aromatic carbocycles. The third-order valence-electron chi connectivity index (χ3n) is 5.63. The number of aliphatic imine (C=N–C) groups is 1. The molecule has 1 aromatic heterocycles. The Kier molecular flexibility index (Phi) is 4.95. The second-order valence-corrected chi connectivity index (χ2v) is 7.96. The minimum atomic E-state index is 0.0264. The van der Waals surface area contributed by atoms with Gasteiger partial charge in [0.05, 0.1) is 24.7 Å². The van der Waals surface area contributed by atoms with Gasteiger partial charge in [0.1, 0.15) is 6.54 Å². The average Bonchev–Trinajstić information content (AvgIpc) is 3.41. The van der Waals surface area contributed by atoms with Gasteiger partial charge in [-0.1, -0.05) is 35.5 Å². The molecule has 2 atom stereocenters. The van der Waals surface area contributed by atoms with Gasteiger partial charge in [-0.15, -0.1) is 0 Å². The van der Waals surface area contributed by atoms with E-state index in [1.54, 1.807) is 6.34 Å². The minimum absolute atomic E-state index is 0.0264. The van der Waals surface area contributed by atoms with Crippen LogP contribution in [0.15, 0.2) is 57.3 Å². The Bertz CT molecular complexity index is 981. The van der Waals surface area contributed by atoms with Gasteiger partial charge in [-0.2, -0.15) is 4.98 Å². The largest absolute Gasteiger partial charge is 0.373 e. The van der Waals surface area contributed by atoms with Crippen LogP contribution in [0.4, 0.5) is 0 Å². The van der Waals surface area contributed by atoms with Gasteiger partial charge in [0.25, 0.3) is 0 Å². The van der Waals surface area contributed by atoms with Crippen molar-refractivity contribution in [2.24, 2.45) is 4.99 Å². The normalized spacial score (nSPS) is 24.3. The first-order valence-electron chi connectivity index (χ1n) is 9.80. The third-order valence-corrected chi connectivity index (χ3v) is 5.89. The van der Waals surface area contributed by atoms with Gasteiger partial charge in [-0.25, -0.2) is 4.99 Å². The summed E-state index contributed by atoms with van der Waals surface area (Å²) in [4.78, 5) is 11.1. The van der Waals surface area contributed by atoms with E-state index in [0.717, 1.165) is 47.9 Å². The van der Waals surface area contributed by atoms with Crippen LogP contribution >= 0.6 is 11.6 Å². The monoisotopic (exact) mass is 411 g/mol. The van der Waals surface area contributed by atoms with Gasteiger partial charge < -0.3 is 19.5 Å². The lowest BCUT2D eigenvalue weighted by Gasteiger charge is -2.30. The molecule has 3 aliphatic rings. The van der Waals surface area contributed by atoms with Crippen LogP contribution in [0.3, 0.4) is 0 Å². The van der Waals surface area contributed by atoms with E-state index in [4.69, 9.17) is 20.9 Å². The summed E-state index contributed by atoms with van der Waals surface area (Å²) in [5.74, 6) is 1.36. The molecule has 29 heavy (non-hydrogen) atoms. The minimum Gasteiger partial charge on any atom is -0.373 e. The Balaban J connectivity index is 1.24. The summed E-state index contributed by atoms with van der Waals surface area (Å²) >= 11 is 5.98. The van der Waals surface area contributed by atoms with E-state index in [2.05, 4.69) is 27.0 Å². The fraction of sp³-hybridized carbons (Fsp3) is 0.381. The molecular formula is C21H22ClN5O2. The van der Waals surface area contributed by atoms with E-state index >= 15 is 0 Å². The molecule has 0 unspecified atom stereocenters. The fourth-order valence-electron chi connectivity index (χ4n) is 3.98. The smallest absolute Gasteiger partial charge is 0.246 e. The first-order valence-corrected chi connectivity index (χ1v) is 10.2. The Hall–Kier alpha value is -2.48. The van der Waals surface area contributed by atoms with Gasteiger partial charge >= 0.3 is 0 Å². The Morgan fingerprint density at radius 1 is 1.28 bits per heavy atom. The Labute approximate surface area is 174 Å². The van der Waals surface area contributed by atoms with Crippen LogP contribution in [0.5, 0.6) is 0 Å². The second-order valence-electron chi connectivity index (χ2n) is 7.52. The highest BCUT2D eigenvalue weighted by molar-refractivity contribution is 6.30. The van der Waals surface area contributed by atoms with E-state index in [1.807, 2.05) is 29.2 Å². The molecule has 4 heterocycles. The summed E-state index contributed by atoms with van der Waals surface area (Å²) in [6.45, 7) is 7.02. The van der Waals surface area contributed by atoms with E-state index in [1.165, 1.54) is 5.57 Å². The van der Waals surface area contributed by atoms with Gasteiger partial charge in [0.2, 0.25) is 5.89 Å². The van der Waals surface area contributed by atoms with E-state index in [-0.39, 0.29) is 12.0 Å². The van der Waals surface area contributed by atoms with Crippen LogP contribution < -0.4 is 5.32 Å². The standard InChI is InChI=1S/C21H22ClN5O2/c1-13-17-6-7-23-9-18(17)24-12-27(13)10-20-25-21(26-29-20)15-8-19(28-11-15)14-2-4-16(22)5-3-14/h2-5,12,15,19,23H,1,6-11H2/t15-,19+/m0/s1. The lowest BCUT2D eigenvalue weighted by atomic mass is 10.0. The molecule has 7 nitrogen and oxygen atoms in total. The predicted molar refractivity (Wildman–Crippen MR) is 109 cm³/mol. The molecule has 0 spiro atoms. The third kappa shape index (κ3) is 3.73. The number of allylic oxidation sites excluding steroid dienone is 1. The number of aromatic nitrogens is 2. The molecule has 0 aliphatic carbocycles. The van der Waals surface area contributed by atoms with Crippen LogP contribution in [0.1, 0.15) is 42.1 Å². The highest BCUT2D eigenvalue weighted by Gasteiger charge is 2.31. The average molecular weight is 412 g/mol. The molecule has 3 aliphatic heterocycles. The Morgan fingerprint density at radius 2 is 2.14 bits per heavy atom.